The molecule has 0 N–H and O–H groups in total. The first-order valence-corrected chi connectivity index (χ1v) is 10.5. The number of carbonyl (C=O) groups excluding carboxylic acids is 1. The van der Waals surface area contributed by atoms with Gasteiger partial charge in [0.05, 0.1) is 10.7 Å². The molecule has 1 amide bonds. The Hall–Kier alpha value is -1.99. The summed E-state index contributed by atoms with van der Waals surface area (Å²) in [5.41, 5.74) is 1.53. The summed E-state index contributed by atoms with van der Waals surface area (Å²) >= 11 is 1.66. The lowest BCUT2D eigenvalue weighted by molar-refractivity contribution is 0.0621. The molecule has 3 heterocycles. The first kappa shape index (κ1) is 18.4. The van der Waals surface area contributed by atoms with E-state index in [9.17, 15) is 9.59 Å². The van der Waals surface area contributed by atoms with Gasteiger partial charge in [-0.15, -0.1) is 11.3 Å². The number of hydrogen-bond acceptors (Lipinski definition) is 6. The van der Waals surface area contributed by atoms with Crippen LogP contribution in [0.15, 0.2) is 20.7 Å². The lowest BCUT2D eigenvalue weighted by Crippen LogP contribution is -2.49. The molecule has 0 aromatic carbocycles. The van der Waals surface area contributed by atoms with Crippen molar-refractivity contribution in [1.29, 1.82) is 0 Å². The zero-order chi connectivity index (χ0) is 19.0. The van der Waals surface area contributed by atoms with Crippen molar-refractivity contribution in [1.82, 2.24) is 14.8 Å². The summed E-state index contributed by atoms with van der Waals surface area (Å²) in [5, 5.41) is 3.16. The highest BCUT2D eigenvalue weighted by Crippen LogP contribution is 2.36. The Balaban J connectivity index is 1.41. The highest BCUT2D eigenvalue weighted by Gasteiger charge is 2.28. The fourth-order valence-electron chi connectivity index (χ4n) is 3.76. The average molecular weight is 388 g/mol. The molecule has 2 fully saturated rings. The standard InChI is InChI=1S/C20H25N3O3S/c1-13-10-17(15-4-3-5-15)26-20(25)18(13)19(24)23-8-6-22(7-9-23)11-16-12-27-14(2)21-16/h10,12,15H,3-9,11H2,1-2H3. The van der Waals surface area contributed by atoms with E-state index in [1.54, 1.807) is 16.2 Å². The fraction of sp³-hybridized carbons (Fsp3) is 0.550. The average Bonchev–Trinajstić information content (AvgIpc) is 2.98. The van der Waals surface area contributed by atoms with Crippen molar-refractivity contribution in [2.24, 2.45) is 0 Å². The lowest BCUT2D eigenvalue weighted by atomic mass is 9.83. The monoisotopic (exact) mass is 387 g/mol. The van der Waals surface area contributed by atoms with Gasteiger partial charge in [-0.25, -0.2) is 9.78 Å². The van der Waals surface area contributed by atoms with Crippen LogP contribution in [0.3, 0.4) is 0 Å². The quantitative estimate of drug-likeness (QED) is 0.807. The Kier molecular flexibility index (Phi) is 5.14. The maximum atomic E-state index is 12.9. The second-order valence-corrected chi connectivity index (χ2v) is 8.61. The molecule has 2 aromatic rings. The minimum Gasteiger partial charge on any atom is -0.427 e. The number of aromatic nitrogens is 1. The lowest BCUT2D eigenvalue weighted by Gasteiger charge is -2.34. The first-order valence-electron chi connectivity index (χ1n) is 9.58. The maximum absolute atomic E-state index is 12.9. The number of piperazine rings is 1. The molecule has 0 bridgehead atoms. The molecule has 6 nitrogen and oxygen atoms in total. The summed E-state index contributed by atoms with van der Waals surface area (Å²) in [6.07, 6.45) is 3.31. The first-order chi connectivity index (χ1) is 13.0. The molecule has 2 aliphatic rings. The Bertz CT molecular complexity index is 892. The third-order valence-corrected chi connectivity index (χ3v) is 6.42. The normalized spacial score (nSPS) is 18.5. The Morgan fingerprint density at radius 2 is 2.00 bits per heavy atom. The largest absolute Gasteiger partial charge is 0.427 e. The summed E-state index contributed by atoms with van der Waals surface area (Å²) in [5.74, 6) is 0.882. The SMILES string of the molecule is Cc1nc(CN2CCN(C(=O)c3c(C)cc(C4CCC4)oc3=O)CC2)cs1. The van der Waals surface area contributed by atoms with Crippen molar-refractivity contribution in [3.8, 4) is 0 Å². The molecule has 144 valence electrons. The van der Waals surface area contributed by atoms with Gasteiger partial charge in [0.25, 0.3) is 5.91 Å². The van der Waals surface area contributed by atoms with Crippen molar-refractivity contribution in [2.75, 3.05) is 26.2 Å². The summed E-state index contributed by atoms with van der Waals surface area (Å²) in [7, 11) is 0. The molecule has 7 heteroatoms. The molecule has 2 aromatic heterocycles. The van der Waals surface area contributed by atoms with E-state index in [4.69, 9.17) is 4.42 Å². The van der Waals surface area contributed by atoms with Crippen LogP contribution in [-0.4, -0.2) is 46.9 Å². The predicted molar refractivity (Wildman–Crippen MR) is 104 cm³/mol. The Labute approximate surface area is 162 Å². The summed E-state index contributed by atoms with van der Waals surface area (Å²) in [6.45, 7) is 7.46. The van der Waals surface area contributed by atoms with Crippen LogP contribution < -0.4 is 5.63 Å². The minimum atomic E-state index is -0.484. The van der Waals surface area contributed by atoms with Gasteiger partial charge in [-0.1, -0.05) is 6.42 Å². The smallest absolute Gasteiger partial charge is 0.349 e. The summed E-state index contributed by atoms with van der Waals surface area (Å²) in [4.78, 5) is 34.0. The van der Waals surface area contributed by atoms with E-state index >= 15 is 0 Å². The van der Waals surface area contributed by atoms with Gasteiger partial charge in [0.15, 0.2) is 0 Å². The zero-order valence-corrected chi connectivity index (χ0v) is 16.7. The predicted octanol–water partition coefficient (Wildman–Crippen LogP) is 2.94. The summed E-state index contributed by atoms with van der Waals surface area (Å²) in [6, 6.07) is 1.89. The molecule has 4 rings (SSSR count). The van der Waals surface area contributed by atoms with Gasteiger partial charge >= 0.3 is 5.63 Å². The molecule has 0 atom stereocenters. The van der Waals surface area contributed by atoms with Crippen LogP contribution in [0, 0.1) is 13.8 Å². The molecule has 0 unspecified atom stereocenters. The molecule has 0 radical (unpaired) electrons. The van der Waals surface area contributed by atoms with Crippen LogP contribution in [0.4, 0.5) is 0 Å². The van der Waals surface area contributed by atoms with Crippen LogP contribution in [0.1, 0.15) is 57.6 Å². The zero-order valence-electron chi connectivity index (χ0n) is 15.9. The highest BCUT2D eigenvalue weighted by atomic mass is 32.1. The van der Waals surface area contributed by atoms with E-state index in [0.717, 1.165) is 54.5 Å². The van der Waals surface area contributed by atoms with E-state index in [1.165, 1.54) is 6.42 Å². The molecular weight excluding hydrogens is 362 g/mol. The highest BCUT2D eigenvalue weighted by molar-refractivity contribution is 7.09. The molecule has 1 aliphatic heterocycles. The molecular formula is C20H25N3O3S. The van der Waals surface area contributed by atoms with Gasteiger partial charge in [-0.3, -0.25) is 9.69 Å². The third kappa shape index (κ3) is 3.84. The molecule has 1 saturated heterocycles. The Morgan fingerprint density at radius 1 is 1.26 bits per heavy atom. The molecule has 1 saturated carbocycles. The third-order valence-electron chi connectivity index (χ3n) is 5.60. The van der Waals surface area contributed by atoms with Gasteiger partial charge in [0, 0.05) is 44.0 Å². The molecule has 0 spiro atoms. The van der Waals surface area contributed by atoms with Gasteiger partial charge in [0.2, 0.25) is 0 Å². The second-order valence-electron chi connectivity index (χ2n) is 7.55. The number of aryl methyl sites for hydroxylation is 2. The number of rotatable bonds is 4. The van der Waals surface area contributed by atoms with Gasteiger partial charge in [-0.05, 0) is 38.3 Å². The van der Waals surface area contributed by atoms with Gasteiger partial charge in [-0.2, -0.15) is 0 Å². The molecule has 1 aliphatic carbocycles. The van der Waals surface area contributed by atoms with Crippen molar-refractivity contribution < 1.29 is 9.21 Å². The van der Waals surface area contributed by atoms with Crippen molar-refractivity contribution in [2.45, 2.75) is 45.6 Å². The van der Waals surface area contributed by atoms with Crippen molar-refractivity contribution >= 4 is 17.2 Å². The van der Waals surface area contributed by atoms with Crippen LogP contribution >= 0.6 is 11.3 Å². The maximum Gasteiger partial charge on any atom is 0.349 e. The number of hydrogen-bond donors (Lipinski definition) is 0. The van der Waals surface area contributed by atoms with Crippen molar-refractivity contribution in [3.63, 3.8) is 0 Å². The minimum absolute atomic E-state index is 0.196. The van der Waals surface area contributed by atoms with Crippen LogP contribution in [-0.2, 0) is 6.54 Å². The van der Waals surface area contributed by atoms with Crippen LogP contribution in [0.25, 0.3) is 0 Å². The van der Waals surface area contributed by atoms with E-state index in [-0.39, 0.29) is 11.5 Å². The second kappa shape index (κ2) is 7.56. The fourth-order valence-corrected chi connectivity index (χ4v) is 4.36. The van der Waals surface area contributed by atoms with Crippen LogP contribution in [0.2, 0.25) is 0 Å². The Morgan fingerprint density at radius 3 is 2.56 bits per heavy atom. The van der Waals surface area contributed by atoms with E-state index in [0.29, 0.717) is 19.0 Å². The van der Waals surface area contributed by atoms with Gasteiger partial charge in [0.1, 0.15) is 11.3 Å². The number of thiazole rings is 1. The van der Waals surface area contributed by atoms with E-state index < -0.39 is 5.63 Å². The number of nitrogens with zero attached hydrogens (tertiary/aromatic N) is 3. The van der Waals surface area contributed by atoms with Crippen molar-refractivity contribution in [3.05, 3.63) is 49.5 Å². The molecule has 27 heavy (non-hydrogen) atoms. The summed E-state index contributed by atoms with van der Waals surface area (Å²) < 4.78 is 5.49. The number of carbonyl (C=O) groups is 1. The van der Waals surface area contributed by atoms with Crippen LogP contribution in [0.5, 0.6) is 0 Å². The van der Waals surface area contributed by atoms with E-state index in [2.05, 4.69) is 15.3 Å². The topological polar surface area (TPSA) is 66.7 Å². The number of amides is 1. The van der Waals surface area contributed by atoms with E-state index in [1.807, 2.05) is 19.9 Å². The van der Waals surface area contributed by atoms with Gasteiger partial charge < -0.3 is 9.32 Å².